The normalized spacial score (nSPS) is 14.4. The second-order valence-corrected chi connectivity index (χ2v) is 10.7. The SMILES string of the molecule is CC(C)OP(O)(=S)SC(C)C.NCCCCN. The van der Waals surface area contributed by atoms with Gasteiger partial charge < -0.3 is 20.9 Å². The van der Waals surface area contributed by atoms with Gasteiger partial charge in [0.2, 0.25) is 5.69 Å². The van der Waals surface area contributed by atoms with Gasteiger partial charge in [0.1, 0.15) is 0 Å². The van der Waals surface area contributed by atoms with Crippen LogP contribution in [0, 0.1) is 0 Å². The zero-order valence-electron chi connectivity index (χ0n) is 11.3. The molecule has 0 aromatic carbocycles. The van der Waals surface area contributed by atoms with Crippen LogP contribution in [-0.2, 0) is 16.3 Å². The molecule has 0 spiro atoms. The highest BCUT2D eigenvalue weighted by atomic mass is 32.9. The summed E-state index contributed by atoms with van der Waals surface area (Å²) < 4.78 is 5.19. The second kappa shape index (κ2) is 11.9. The predicted molar refractivity (Wildman–Crippen MR) is 82.8 cm³/mol. The quantitative estimate of drug-likeness (QED) is 0.495. The van der Waals surface area contributed by atoms with Crippen molar-refractivity contribution in [2.24, 2.45) is 11.5 Å². The topological polar surface area (TPSA) is 81.5 Å². The Kier molecular flexibility index (Phi) is 14.1. The maximum atomic E-state index is 9.52. The molecule has 0 bridgehead atoms. The lowest BCUT2D eigenvalue weighted by Gasteiger charge is -2.18. The number of unbranched alkanes of at least 4 members (excludes halogenated alkanes) is 1. The van der Waals surface area contributed by atoms with Crippen LogP contribution in [0.5, 0.6) is 0 Å². The molecular formula is C10H27N2O2PS2. The van der Waals surface area contributed by atoms with Crippen LogP contribution in [0.4, 0.5) is 0 Å². The molecule has 1 atom stereocenters. The molecule has 7 heteroatoms. The van der Waals surface area contributed by atoms with Crippen molar-refractivity contribution in [1.29, 1.82) is 0 Å². The molecule has 4 nitrogen and oxygen atoms in total. The molecule has 0 aromatic rings. The highest BCUT2D eigenvalue weighted by Crippen LogP contribution is 2.58. The summed E-state index contributed by atoms with van der Waals surface area (Å²) in [5.74, 6) is 0. The predicted octanol–water partition coefficient (Wildman–Crippen LogP) is 2.45. The van der Waals surface area contributed by atoms with Gasteiger partial charge in [-0.2, -0.15) is 0 Å². The summed E-state index contributed by atoms with van der Waals surface area (Å²) in [7, 11) is 0. The minimum absolute atomic E-state index is 0.0112. The molecule has 0 rings (SSSR count). The van der Waals surface area contributed by atoms with Crippen LogP contribution in [0.1, 0.15) is 40.5 Å². The van der Waals surface area contributed by atoms with Gasteiger partial charge in [0.05, 0.1) is 6.10 Å². The van der Waals surface area contributed by atoms with Crippen LogP contribution in [0.15, 0.2) is 0 Å². The first kappa shape index (κ1) is 20.2. The minimum Gasteiger partial charge on any atom is -0.337 e. The van der Waals surface area contributed by atoms with Gasteiger partial charge >= 0.3 is 0 Å². The number of rotatable bonds is 7. The van der Waals surface area contributed by atoms with Crippen LogP contribution in [0.25, 0.3) is 0 Å². The van der Waals surface area contributed by atoms with E-state index in [2.05, 4.69) is 0 Å². The van der Waals surface area contributed by atoms with Crippen molar-refractivity contribution >= 4 is 28.9 Å². The molecule has 0 saturated heterocycles. The molecule has 0 aromatic heterocycles. The molecule has 106 valence electrons. The fourth-order valence-electron chi connectivity index (χ4n) is 0.846. The van der Waals surface area contributed by atoms with E-state index in [1.807, 2.05) is 27.7 Å². The van der Waals surface area contributed by atoms with Gasteiger partial charge in [0, 0.05) is 5.25 Å². The molecule has 0 saturated carbocycles. The van der Waals surface area contributed by atoms with Gasteiger partial charge in [-0.05, 0) is 51.6 Å². The summed E-state index contributed by atoms with van der Waals surface area (Å²) in [6.07, 6.45) is 2.14. The standard InChI is InChI=1S/C6H15O2PS2.C4H12N2/c1-5(2)8-9(7,10)11-6(3)4;5-3-1-2-4-6/h5-6H,1-4H3,(H,7,10);1-6H2. The van der Waals surface area contributed by atoms with Gasteiger partial charge in [-0.1, -0.05) is 25.2 Å². The molecule has 5 N–H and O–H groups in total. The molecule has 0 heterocycles. The van der Waals surface area contributed by atoms with Crippen LogP contribution in [0.3, 0.4) is 0 Å². The van der Waals surface area contributed by atoms with E-state index in [0.29, 0.717) is 5.25 Å². The average molecular weight is 302 g/mol. The van der Waals surface area contributed by atoms with Crippen molar-refractivity contribution in [3.8, 4) is 0 Å². The smallest absolute Gasteiger partial charge is 0.245 e. The Balaban J connectivity index is 0. The fraction of sp³-hybridized carbons (Fsp3) is 1.00. The second-order valence-electron chi connectivity index (χ2n) is 4.06. The Labute approximate surface area is 115 Å². The first-order chi connectivity index (χ1) is 7.75. The van der Waals surface area contributed by atoms with Crippen LogP contribution in [0.2, 0.25) is 0 Å². The fourth-order valence-corrected chi connectivity index (χ4v) is 6.29. The zero-order valence-corrected chi connectivity index (χ0v) is 13.8. The van der Waals surface area contributed by atoms with E-state index in [9.17, 15) is 4.89 Å². The number of hydrogen-bond acceptors (Lipinski definition) is 5. The first-order valence-corrected chi connectivity index (χ1v) is 10.0. The zero-order chi connectivity index (χ0) is 13.9. The molecule has 1 unspecified atom stereocenters. The van der Waals surface area contributed by atoms with Crippen LogP contribution >= 0.6 is 17.1 Å². The van der Waals surface area contributed by atoms with Gasteiger partial charge in [0.15, 0.2) is 0 Å². The van der Waals surface area contributed by atoms with Crippen molar-refractivity contribution in [3.63, 3.8) is 0 Å². The lowest BCUT2D eigenvalue weighted by molar-refractivity contribution is 0.248. The van der Waals surface area contributed by atoms with Gasteiger partial charge in [-0.15, -0.1) is 0 Å². The molecule has 0 aliphatic heterocycles. The third-order valence-corrected chi connectivity index (χ3v) is 6.08. The van der Waals surface area contributed by atoms with Crippen LogP contribution < -0.4 is 11.5 Å². The number of nitrogens with two attached hydrogens (primary N) is 2. The Morgan fingerprint density at radius 3 is 1.82 bits per heavy atom. The van der Waals surface area contributed by atoms with Crippen molar-refractivity contribution < 1.29 is 9.42 Å². The summed E-state index contributed by atoms with van der Waals surface area (Å²) in [6.45, 7) is 9.28. The molecule has 0 fully saturated rings. The maximum Gasteiger partial charge on any atom is 0.245 e. The summed E-state index contributed by atoms with van der Waals surface area (Å²) >= 11 is 6.25. The average Bonchev–Trinajstić information content (AvgIpc) is 2.11. The van der Waals surface area contributed by atoms with Crippen molar-refractivity contribution in [2.75, 3.05) is 13.1 Å². The number of hydrogen-bond donors (Lipinski definition) is 3. The molecule has 0 amide bonds. The van der Waals surface area contributed by atoms with E-state index < -0.39 is 5.69 Å². The van der Waals surface area contributed by atoms with E-state index >= 15 is 0 Å². The summed E-state index contributed by atoms with van der Waals surface area (Å²) in [6, 6.07) is 0. The summed E-state index contributed by atoms with van der Waals surface area (Å²) in [5.41, 5.74) is 7.76. The third kappa shape index (κ3) is 19.4. The van der Waals surface area contributed by atoms with Gasteiger partial charge in [-0.3, -0.25) is 0 Å². The lowest BCUT2D eigenvalue weighted by atomic mass is 10.3. The third-order valence-electron chi connectivity index (χ3n) is 1.35. The monoisotopic (exact) mass is 302 g/mol. The largest absolute Gasteiger partial charge is 0.337 e. The maximum absolute atomic E-state index is 9.52. The Bertz CT molecular complexity index is 198. The lowest BCUT2D eigenvalue weighted by Crippen LogP contribution is -2.03. The van der Waals surface area contributed by atoms with Crippen LogP contribution in [-0.4, -0.2) is 29.3 Å². The first-order valence-electron chi connectivity index (χ1n) is 5.85. The van der Waals surface area contributed by atoms with E-state index in [1.165, 1.54) is 11.4 Å². The molecular weight excluding hydrogens is 275 g/mol. The molecule has 0 aliphatic rings. The van der Waals surface area contributed by atoms with Gasteiger partial charge in [-0.25, -0.2) is 0 Å². The van der Waals surface area contributed by atoms with E-state index in [1.54, 1.807) is 0 Å². The Hall–Kier alpha value is 0.840. The van der Waals surface area contributed by atoms with E-state index in [-0.39, 0.29) is 6.10 Å². The van der Waals surface area contributed by atoms with Crippen molar-refractivity contribution in [3.05, 3.63) is 0 Å². The summed E-state index contributed by atoms with van der Waals surface area (Å²) in [5, 5.41) is 0.324. The highest BCUT2D eigenvalue weighted by molar-refractivity contribution is 8.67. The summed E-state index contributed by atoms with van der Waals surface area (Å²) in [4.78, 5) is 9.52. The van der Waals surface area contributed by atoms with E-state index in [4.69, 9.17) is 27.8 Å². The Morgan fingerprint density at radius 2 is 1.59 bits per heavy atom. The van der Waals surface area contributed by atoms with Gasteiger partial charge in [0.25, 0.3) is 0 Å². The molecule has 0 aliphatic carbocycles. The molecule has 0 radical (unpaired) electrons. The molecule has 17 heavy (non-hydrogen) atoms. The highest BCUT2D eigenvalue weighted by Gasteiger charge is 2.17. The van der Waals surface area contributed by atoms with Crippen molar-refractivity contribution in [2.45, 2.75) is 51.9 Å². The Morgan fingerprint density at radius 1 is 1.18 bits per heavy atom. The minimum atomic E-state index is -2.55. The van der Waals surface area contributed by atoms with E-state index in [0.717, 1.165) is 25.9 Å². The van der Waals surface area contributed by atoms with Crippen molar-refractivity contribution in [1.82, 2.24) is 0 Å².